The molecule has 2 aromatic rings. The molecule has 1 aromatic carbocycles. The maximum atomic E-state index is 10.2. The number of benzene rings is 1. The van der Waals surface area contributed by atoms with Crippen molar-refractivity contribution in [2.45, 2.75) is 0 Å². The van der Waals surface area contributed by atoms with Crippen molar-refractivity contribution in [1.82, 2.24) is 0 Å². The standard InChI is InChI=1S/C6H4N2O5.C6H9N2O/c9-6-2-1-4(7(10)11)3-5(6)8(12)13;1-9-6-2-4-8(7)5-3-6/h1-3,9H;2-5H,7H2,1H3/q;+1. The second-order valence-corrected chi connectivity index (χ2v) is 3.87. The van der Waals surface area contributed by atoms with E-state index in [1.807, 2.05) is 0 Å². The summed E-state index contributed by atoms with van der Waals surface area (Å²) in [4.78, 5) is 18.7. The van der Waals surface area contributed by atoms with Gasteiger partial charge in [-0.15, -0.1) is 0 Å². The van der Waals surface area contributed by atoms with Gasteiger partial charge in [0.15, 0.2) is 5.75 Å². The molecule has 0 unspecified atom stereocenters. The van der Waals surface area contributed by atoms with Crippen LogP contribution < -0.4 is 15.3 Å². The molecule has 10 nitrogen and oxygen atoms in total. The number of phenolic OH excluding ortho intramolecular Hbond substituents is 1. The zero-order chi connectivity index (χ0) is 16.7. The lowest BCUT2D eigenvalue weighted by Crippen LogP contribution is -2.43. The molecular formula is C12H13N4O6+. The van der Waals surface area contributed by atoms with Crippen molar-refractivity contribution in [3.05, 3.63) is 63.0 Å². The van der Waals surface area contributed by atoms with Gasteiger partial charge in [0.25, 0.3) is 5.69 Å². The Kier molecular flexibility index (Phi) is 5.58. The number of nitro groups is 2. The van der Waals surface area contributed by atoms with E-state index in [1.165, 1.54) is 4.68 Å². The van der Waals surface area contributed by atoms with Gasteiger partial charge in [0.05, 0.1) is 23.0 Å². The molecular weight excluding hydrogens is 296 g/mol. The average Bonchev–Trinajstić information content (AvgIpc) is 2.48. The van der Waals surface area contributed by atoms with Crippen LogP contribution in [0.15, 0.2) is 42.7 Å². The first-order chi connectivity index (χ1) is 10.3. The summed E-state index contributed by atoms with van der Waals surface area (Å²) in [6, 6.07) is 6.19. The van der Waals surface area contributed by atoms with Crippen LogP contribution in [0.25, 0.3) is 0 Å². The molecule has 0 fully saturated rings. The molecule has 0 atom stereocenters. The fourth-order valence-corrected chi connectivity index (χ4v) is 1.33. The van der Waals surface area contributed by atoms with Gasteiger partial charge in [-0.1, -0.05) is 4.68 Å². The zero-order valence-electron chi connectivity index (χ0n) is 11.4. The molecule has 0 amide bonds. The van der Waals surface area contributed by atoms with E-state index in [1.54, 1.807) is 31.6 Å². The van der Waals surface area contributed by atoms with E-state index in [0.29, 0.717) is 6.07 Å². The average molecular weight is 309 g/mol. The fraction of sp³-hybridized carbons (Fsp3) is 0.0833. The number of hydrogen-bond acceptors (Lipinski definition) is 7. The topological polar surface area (TPSA) is 146 Å². The number of hydrogen-bond donors (Lipinski definition) is 2. The number of non-ortho nitro benzene ring substituents is 1. The minimum absolute atomic E-state index is 0.426. The van der Waals surface area contributed by atoms with Crippen LogP contribution in [-0.4, -0.2) is 22.1 Å². The van der Waals surface area contributed by atoms with E-state index < -0.39 is 27.0 Å². The molecule has 1 heterocycles. The van der Waals surface area contributed by atoms with Crippen molar-refractivity contribution >= 4 is 11.4 Å². The molecule has 3 N–H and O–H groups in total. The van der Waals surface area contributed by atoms with E-state index in [9.17, 15) is 20.2 Å². The van der Waals surface area contributed by atoms with Crippen molar-refractivity contribution in [3.8, 4) is 11.5 Å². The predicted octanol–water partition coefficient (Wildman–Crippen LogP) is 0.905. The minimum Gasteiger partial charge on any atom is -0.502 e. The molecule has 0 aliphatic rings. The molecule has 0 radical (unpaired) electrons. The summed E-state index contributed by atoms with van der Waals surface area (Å²) in [6.07, 6.45) is 3.44. The highest BCUT2D eigenvalue weighted by molar-refractivity contribution is 5.52. The van der Waals surface area contributed by atoms with E-state index in [0.717, 1.165) is 17.9 Å². The van der Waals surface area contributed by atoms with E-state index in [-0.39, 0.29) is 0 Å². The van der Waals surface area contributed by atoms with E-state index in [4.69, 9.17) is 15.7 Å². The molecule has 10 heteroatoms. The lowest BCUT2D eigenvalue weighted by atomic mass is 10.2. The van der Waals surface area contributed by atoms with Crippen LogP contribution in [-0.2, 0) is 0 Å². The fourth-order valence-electron chi connectivity index (χ4n) is 1.33. The van der Waals surface area contributed by atoms with E-state index in [2.05, 4.69) is 0 Å². The Labute approximate surface area is 124 Å². The van der Waals surface area contributed by atoms with E-state index >= 15 is 0 Å². The first-order valence-electron chi connectivity index (χ1n) is 5.77. The van der Waals surface area contributed by atoms with Crippen molar-refractivity contribution < 1.29 is 24.4 Å². The second kappa shape index (κ2) is 7.38. The third kappa shape index (κ3) is 4.59. The minimum atomic E-state index is -0.887. The molecule has 0 saturated heterocycles. The number of pyridine rings is 1. The highest BCUT2D eigenvalue weighted by atomic mass is 16.6. The summed E-state index contributed by atoms with van der Waals surface area (Å²) >= 11 is 0. The first-order valence-corrected chi connectivity index (χ1v) is 5.77. The molecule has 22 heavy (non-hydrogen) atoms. The highest BCUT2D eigenvalue weighted by Crippen LogP contribution is 2.29. The van der Waals surface area contributed by atoms with Crippen LogP contribution in [0.2, 0.25) is 0 Å². The number of aromatic hydroxyl groups is 1. The third-order valence-electron chi connectivity index (χ3n) is 2.42. The van der Waals surface area contributed by atoms with Crippen LogP contribution in [0.5, 0.6) is 11.5 Å². The monoisotopic (exact) mass is 309 g/mol. The van der Waals surface area contributed by atoms with Crippen molar-refractivity contribution in [1.29, 1.82) is 0 Å². The Morgan fingerprint density at radius 1 is 1.14 bits per heavy atom. The SMILES string of the molecule is COc1cc[n+](N)cc1.O=[N+]([O-])c1ccc(O)c([N+](=O)[O-])c1. The lowest BCUT2D eigenvalue weighted by molar-refractivity contribution is -0.639. The lowest BCUT2D eigenvalue weighted by Gasteiger charge is -1.94. The third-order valence-corrected chi connectivity index (χ3v) is 2.42. The maximum absolute atomic E-state index is 10.2. The highest BCUT2D eigenvalue weighted by Gasteiger charge is 2.18. The van der Waals surface area contributed by atoms with Gasteiger partial charge in [-0.3, -0.25) is 20.2 Å². The summed E-state index contributed by atoms with van der Waals surface area (Å²) in [5.74, 6) is 5.57. The second-order valence-electron chi connectivity index (χ2n) is 3.87. The summed E-state index contributed by atoms with van der Waals surface area (Å²) < 4.78 is 6.36. The maximum Gasteiger partial charge on any atom is 0.317 e. The van der Waals surface area contributed by atoms with Crippen molar-refractivity contribution in [2.75, 3.05) is 13.0 Å². The van der Waals surface area contributed by atoms with Gasteiger partial charge in [0, 0.05) is 18.2 Å². The van der Waals surface area contributed by atoms with Gasteiger partial charge in [0.2, 0.25) is 12.4 Å². The smallest absolute Gasteiger partial charge is 0.317 e. The van der Waals surface area contributed by atoms with Gasteiger partial charge >= 0.3 is 5.69 Å². The number of aromatic nitrogens is 1. The van der Waals surface area contributed by atoms with Gasteiger partial charge in [-0.25, -0.2) is 5.84 Å². The molecule has 0 saturated carbocycles. The summed E-state index contributed by atoms with van der Waals surface area (Å²) in [6.45, 7) is 0. The van der Waals surface area contributed by atoms with Crippen LogP contribution >= 0.6 is 0 Å². The molecule has 0 aliphatic heterocycles. The molecule has 2 rings (SSSR count). The van der Waals surface area contributed by atoms with Gasteiger partial charge in [-0.05, 0) is 6.07 Å². The molecule has 0 bridgehead atoms. The molecule has 0 aliphatic carbocycles. The summed E-state index contributed by atoms with van der Waals surface area (Å²) in [5, 5.41) is 29.3. The number of phenols is 1. The number of nitrogens with two attached hydrogens (primary N) is 1. The van der Waals surface area contributed by atoms with Crippen molar-refractivity contribution in [3.63, 3.8) is 0 Å². The largest absolute Gasteiger partial charge is 0.502 e. The van der Waals surface area contributed by atoms with Crippen LogP contribution in [0.1, 0.15) is 0 Å². The number of nitrogens with zero attached hydrogens (tertiary/aromatic N) is 3. The number of ether oxygens (including phenoxy) is 1. The van der Waals surface area contributed by atoms with Gasteiger partial charge in [0.1, 0.15) is 5.75 Å². The summed E-state index contributed by atoms with van der Waals surface area (Å²) in [7, 11) is 1.62. The molecule has 1 aromatic heterocycles. The molecule has 116 valence electrons. The Morgan fingerprint density at radius 3 is 2.18 bits per heavy atom. The van der Waals surface area contributed by atoms with Gasteiger partial charge < -0.3 is 9.84 Å². The quantitative estimate of drug-likeness (QED) is 0.370. The number of nitrogen functional groups attached to an aromatic ring is 1. The van der Waals surface area contributed by atoms with Crippen LogP contribution in [0, 0.1) is 20.2 Å². The van der Waals surface area contributed by atoms with Crippen molar-refractivity contribution in [2.24, 2.45) is 0 Å². The predicted molar refractivity (Wildman–Crippen MR) is 74.8 cm³/mol. The normalized spacial score (nSPS) is 9.32. The number of rotatable bonds is 3. The Bertz CT molecular complexity index is 674. The summed E-state index contributed by atoms with van der Waals surface area (Å²) in [5.41, 5.74) is -1.10. The molecule has 0 spiro atoms. The Hall–Kier alpha value is -3.43. The Morgan fingerprint density at radius 2 is 1.73 bits per heavy atom. The first kappa shape index (κ1) is 16.6. The van der Waals surface area contributed by atoms with Gasteiger partial charge in [-0.2, -0.15) is 0 Å². The van der Waals surface area contributed by atoms with Crippen LogP contribution in [0.4, 0.5) is 11.4 Å². The number of methoxy groups -OCH3 is 1. The van der Waals surface area contributed by atoms with Crippen LogP contribution in [0.3, 0.4) is 0 Å². The Balaban J connectivity index is 0.000000235. The zero-order valence-corrected chi connectivity index (χ0v) is 11.4. The number of nitro benzene ring substituents is 2.